The molecule has 0 radical (unpaired) electrons. The van der Waals surface area contributed by atoms with Crippen LogP contribution in [0.4, 0.5) is 0 Å². The van der Waals surface area contributed by atoms with Gasteiger partial charge >= 0.3 is 5.97 Å². The van der Waals surface area contributed by atoms with Gasteiger partial charge < -0.3 is 9.84 Å². The highest BCUT2D eigenvalue weighted by atomic mass is 32.1. The normalized spacial score (nSPS) is 19.3. The number of carboxylic acids is 1. The fourth-order valence-corrected chi connectivity index (χ4v) is 3.01. The van der Waals surface area contributed by atoms with Crippen LogP contribution in [0.15, 0.2) is 6.20 Å². The van der Waals surface area contributed by atoms with Gasteiger partial charge in [0, 0.05) is 7.11 Å². The van der Waals surface area contributed by atoms with Crippen molar-refractivity contribution in [3.8, 4) is 0 Å². The molecule has 2 rings (SSSR count). The fourth-order valence-electron chi connectivity index (χ4n) is 2.04. The summed E-state index contributed by atoms with van der Waals surface area (Å²) in [5.74, 6) is -0.914. The van der Waals surface area contributed by atoms with Gasteiger partial charge in [0.1, 0.15) is 15.5 Å². The molecule has 1 heterocycles. The molecule has 4 nitrogen and oxygen atoms in total. The SMILES string of the molecule is COC1(c2ncc(C(=O)O)s2)CCCC1. The highest BCUT2D eigenvalue weighted by molar-refractivity contribution is 7.13. The maximum absolute atomic E-state index is 10.8. The average Bonchev–Trinajstić information content (AvgIpc) is 2.87. The summed E-state index contributed by atoms with van der Waals surface area (Å²) in [4.78, 5) is 15.2. The molecule has 15 heavy (non-hydrogen) atoms. The van der Waals surface area contributed by atoms with Crippen molar-refractivity contribution >= 4 is 17.3 Å². The summed E-state index contributed by atoms with van der Waals surface area (Å²) >= 11 is 1.23. The first kappa shape index (κ1) is 10.6. The van der Waals surface area contributed by atoms with Crippen molar-refractivity contribution in [3.05, 3.63) is 16.1 Å². The quantitative estimate of drug-likeness (QED) is 0.860. The first-order valence-corrected chi connectivity index (χ1v) is 5.74. The molecule has 0 amide bonds. The first-order valence-electron chi connectivity index (χ1n) is 4.93. The van der Waals surface area contributed by atoms with E-state index in [2.05, 4.69) is 4.98 Å². The maximum atomic E-state index is 10.8. The van der Waals surface area contributed by atoms with Crippen LogP contribution in [0, 0.1) is 0 Å². The van der Waals surface area contributed by atoms with E-state index in [1.54, 1.807) is 7.11 Å². The summed E-state index contributed by atoms with van der Waals surface area (Å²) < 4.78 is 5.53. The van der Waals surface area contributed by atoms with Crippen molar-refractivity contribution in [1.29, 1.82) is 0 Å². The topological polar surface area (TPSA) is 59.4 Å². The highest BCUT2D eigenvalue weighted by Gasteiger charge is 2.38. The van der Waals surface area contributed by atoms with E-state index in [1.807, 2.05) is 0 Å². The van der Waals surface area contributed by atoms with Crippen LogP contribution in [0.25, 0.3) is 0 Å². The number of thiazole rings is 1. The number of nitrogens with zero attached hydrogens (tertiary/aromatic N) is 1. The van der Waals surface area contributed by atoms with Gasteiger partial charge in [0.15, 0.2) is 0 Å². The minimum absolute atomic E-state index is 0.285. The highest BCUT2D eigenvalue weighted by Crippen LogP contribution is 2.42. The first-order chi connectivity index (χ1) is 7.18. The van der Waals surface area contributed by atoms with Gasteiger partial charge in [-0.05, 0) is 12.8 Å². The standard InChI is InChI=1S/C10H13NO3S/c1-14-10(4-2-3-5-10)9-11-6-7(15-9)8(12)13/h6H,2-5H2,1H3,(H,12,13). The molecule has 1 aromatic heterocycles. The Kier molecular flexibility index (Phi) is 2.75. The maximum Gasteiger partial charge on any atom is 0.347 e. The molecule has 1 aliphatic rings. The number of hydrogen-bond acceptors (Lipinski definition) is 4. The minimum atomic E-state index is -0.914. The Hall–Kier alpha value is -0.940. The van der Waals surface area contributed by atoms with E-state index in [0.717, 1.165) is 30.7 Å². The van der Waals surface area contributed by atoms with Crippen LogP contribution in [0.1, 0.15) is 40.4 Å². The van der Waals surface area contributed by atoms with E-state index in [9.17, 15) is 4.79 Å². The smallest absolute Gasteiger partial charge is 0.347 e. The largest absolute Gasteiger partial charge is 0.477 e. The van der Waals surface area contributed by atoms with E-state index < -0.39 is 5.97 Å². The zero-order chi connectivity index (χ0) is 10.9. The molecule has 0 aromatic carbocycles. The summed E-state index contributed by atoms with van der Waals surface area (Å²) in [6.45, 7) is 0. The lowest BCUT2D eigenvalue weighted by Gasteiger charge is -2.24. The van der Waals surface area contributed by atoms with Crippen LogP contribution < -0.4 is 0 Å². The van der Waals surface area contributed by atoms with Gasteiger partial charge in [-0.25, -0.2) is 9.78 Å². The molecule has 0 spiro atoms. The molecule has 0 atom stereocenters. The number of carbonyl (C=O) groups is 1. The summed E-state index contributed by atoms with van der Waals surface area (Å²) in [6, 6.07) is 0. The Labute approximate surface area is 91.9 Å². The van der Waals surface area contributed by atoms with Gasteiger partial charge in [0.05, 0.1) is 6.20 Å². The number of ether oxygens (including phenoxy) is 1. The second-order valence-electron chi connectivity index (χ2n) is 3.74. The number of methoxy groups -OCH3 is 1. The van der Waals surface area contributed by atoms with E-state index in [-0.39, 0.29) is 10.5 Å². The van der Waals surface area contributed by atoms with Crippen LogP contribution in [0.2, 0.25) is 0 Å². The molecule has 0 aliphatic heterocycles. The van der Waals surface area contributed by atoms with Crippen molar-refractivity contribution in [2.45, 2.75) is 31.3 Å². The molecule has 0 unspecified atom stereocenters. The Bertz CT molecular complexity index is 368. The number of rotatable bonds is 3. The number of aromatic carboxylic acids is 1. The predicted molar refractivity (Wildman–Crippen MR) is 56.2 cm³/mol. The molecular formula is C10H13NO3S. The van der Waals surface area contributed by atoms with Gasteiger partial charge in [-0.1, -0.05) is 12.8 Å². The average molecular weight is 227 g/mol. The third-order valence-electron chi connectivity index (χ3n) is 2.91. The van der Waals surface area contributed by atoms with Gasteiger partial charge in [0.25, 0.3) is 0 Å². The molecule has 0 saturated heterocycles. The lowest BCUT2D eigenvalue weighted by Crippen LogP contribution is -2.23. The summed E-state index contributed by atoms with van der Waals surface area (Å²) in [6.07, 6.45) is 5.54. The number of hydrogen-bond donors (Lipinski definition) is 1. The van der Waals surface area contributed by atoms with Crippen LogP contribution in [-0.2, 0) is 10.3 Å². The van der Waals surface area contributed by atoms with Crippen LogP contribution in [-0.4, -0.2) is 23.2 Å². The number of aromatic nitrogens is 1. The van der Waals surface area contributed by atoms with E-state index >= 15 is 0 Å². The van der Waals surface area contributed by atoms with Gasteiger partial charge in [-0.15, -0.1) is 11.3 Å². The zero-order valence-electron chi connectivity index (χ0n) is 8.52. The Morgan fingerprint density at radius 3 is 2.73 bits per heavy atom. The minimum Gasteiger partial charge on any atom is -0.477 e. The van der Waals surface area contributed by atoms with Crippen molar-refractivity contribution in [3.63, 3.8) is 0 Å². The molecule has 1 aromatic rings. The predicted octanol–water partition coefficient (Wildman–Crippen LogP) is 2.26. The molecule has 5 heteroatoms. The Morgan fingerprint density at radius 2 is 2.27 bits per heavy atom. The van der Waals surface area contributed by atoms with Crippen LogP contribution >= 0.6 is 11.3 Å². The lowest BCUT2D eigenvalue weighted by atomic mass is 10.0. The molecule has 1 aliphatic carbocycles. The third kappa shape index (κ3) is 1.77. The molecule has 1 N–H and O–H groups in total. The van der Waals surface area contributed by atoms with Crippen LogP contribution in [0.3, 0.4) is 0 Å². The second-order valence-corrected chi connectivity index (χ2v) is 4.77. The molecule has 0 bridgehead atoms. The van der Waals surface area contributed by atoms with E-state index in [0.29, 0.717) is 0 Å². The van der Waals surface area contributed by atoms with Crippen molar-refractivity contribution in [1.82, 2.24) is 4.98 Å². The van der Waals surface area contributed by atoms with Gasteiger partial charge in [0.2, 0.25) is 0 Å². The van der Waals surface area contributed by atoms with E-state index in [1.165, 1.54) is 17.5 Å². The van der Waals surface area contributed by atoms with Gasteiger partial charge in [-0.2, -0.15) is 0 Å². The number of carboxylic acid groups (broad SMARTS) is 1. The fraction of sp³-hybridized carbons (Fsp3) is 0.600. The van der Waals surface area contributed by atoms with Crippen molar-refractivity contribution < 1.29 is 14.6 Å². The molecule has 1 saturated carbocycles. The van der Waals surface area contributed by atoms with E-state index in [4.69, 9.17) is 9.84 Å². The summed E-state index contributed by atoms with van der Waals surface area (Å²) in [5.41, 5.74) is -0.321. The third-order valence-corrected chi connectivity index (χ3v) is 4.08. The Balaban J connectivity index is 2.30. The monoisotopic (exact) mass is 227 g/mol. The van der Waals surface area contributed by atoms with Gasteiger partial charge in [-0.3, -0.25) is 0 Å². The zero-order valence-corrected chi connectivity index (χ0v) is 9.34. The van der Waals surface area contributed by atoms with Crippen molar-refractivity contribution in [2.24, 2.45) is 0 Å². The van der Waals surface area contributed by atoms with Crippen molar-refractivity contribution in [2.75, 3.05) is 7.11 Å². The summed E-state index contributed by atoms with van der Waals surface area (Å²) in [5, 5.41) is 9.63. The molecule has 82 valence electrons. The summed E-state index contributed by atoms with van der Waals surface area (Å²) in [7, 11) is 1.67. The van der Waals surface area contributed by atoms with Crippen LogP contribution in [0.5, 0.6) is 0 Å². The Morgan fingerprint density at radius 1 is 1.60 bits per heavy atom. The second kappa shape index (κ2) is 3.90. The lowest BCUT2D eigenvalue weighted by molar-refractivity contribution is -0.00885. The molecular weight excluding hydrogens is 214 g/mol. The molecule has 1 fully saturated rings.